The molecule has 0 saturated carbocycles. The molecule has 0 unspecified atom stereocenters. The van der Waals surface area contributed by atoms with E-state index in [-0.39, 0.29) is 0 Å². The maximum absolute atomic E-state index is 7.10. The number of rotatable bonds is 2. The molecule has 0 bridgehead atoms. The number of imidazole rings is 2. The van der Waals surface area contributed by atoms with Crippen molar-refractivity contribution in [3.8, 4) is 11.4 Å². The van der Waals surface area contributed by atoms with Gasteiger partial charge in [-0.25, -0.2) is 9.97 Å². The van der Waals surface area contributed by atoms with Crippen LogP contribution >= 0.6 is 0 Å². The Morgan fingerprint density at radius 2 is 2.11 bits per heavy atom. The molecule has 0 aliphatic rings. The Balaban J connectivity index is 2.20. The predicted molar refractivity (Wildman–Crippen MR) is 70.9 cm³/mol. The minimum Gasteiger partial charge on any atom is -0.360 e. The third-order valence-electron chi connectivity index (χ3n) is 2.94. The van der Waals surface area contributed by atoms with Crippen LogP contribution in [0.1, 0.15) is 19.9 Å². The molecule has 0 saturated heterocycles. The van der Waals surface area contributed by atoms with Gasteiger partial charge in [-0.2, -0.15) is 0 Å². The highest BCUT2D eigenvalue weighted by molar-refractivity contribution is 5.58. The van der Waals surface area contributed by atoms with Gasteiger partial charge in [0.25, 0.3) is 5.82 Å². The highest BCUT2D eigenvalue weighted by Gasteiger charge is 2.13. The summed E-state index contributed by atoms with van der Waals surface area (Å²) in [6.07, 6.45) is 5.09. The summed E-state index contributed by atoms with van der Waals surface area (Å²) in [7, 11) is 0. The second kappa shape index (κ2) is 4.21. The first-order valence-electron chi connectivity index (χ1n) is 5.95. The number of fused-ring (bicyclic) bond motifs is 1. The van der Waals surface area contributed by atoms with Crippen LogP contribution in [-0.2, 0) is 0 Å². The molecule has 0 N–H and O–H groups in total. The Labute approximate surface area is 110 Å². The van der Waals surface area contributed by atoms with Gasteiger partial charge in [0.15, 0.2) is 0 Å². The molecule has 0 spiro atoms. The second-order valence-electron chi connectivity index (χ2n) is 4.50. The molecule has 0 aliphatic carbocycles. The quantitative estimate of drug-likeness (QED) is 0.659. The number of nitrogens with zero attached hydrogens (tertiary/aromatic N) is 6. The minimum atomic E-state index is 0.304. The lowest BCUT2D eigenvalue weighted by Crippen LogP contribution is -2.03. The third kappa shape index (κ3) is 1.76. The van der Waals surface area contributed by atoms with Crippen molar-refractivity contribution in [1.82, 2.24) is 24.1 Å². The summed E-state index contributed by atoms with van der Waals surface area (Å²) >= 11 is 0. The molecule has 0 fully saturated rings. The van der Waals surface area contributed by atoms with E-state index in [0.29, 0.717) is 17.5 Å². The highest BCUT2D eigenvalue weighted by atomic mass is 15.3. The molecule has 6 heteroatoms. The molecule has 3 aromatic heterocycles. The Hall–Kier alpha value is -2.68. The van der Waals surface area contributed by atoms with Gasteiger partial charge in [-0.3, -0.25) is 0 Å². The van der Waals surface area contributed by atoms with E-state index < -0.39 is 0 Å². The molecule has 94 valence electrons. The van der Waals surface area contributed by atoms with Crippen LogP contribution in [0, 0.1) is 6.57 Å². The fourth-order valence-corrected chi connectivity index (χ4v) is 1.99. The van der Waals surface area contributed by atoms with E-state index in [9.17, 15) is 0 Å². The normalized spacial score (nSPS) is 11.1. The molecule has 19 heavy (non-hydrogen) atoms. The van der Waals surface area contributed by atoms with Crippen molar-refractivity contribution in [1.29, 1.82) is 0 Å². The Morgan fingerprint density at radius 1 is 1.26 bits per heavy atom. The fraction of sp³-hybridized carbons (Fsp3) is 0.231. The Kier molecular flexibility index (Phi) is 2.53. The van der Waals surface area contributed by atoms with Crippen molar-refractivity contribution in [3.05, 3.63) is 42.3 Å². The van der Waals surface area contributed by atoms with Gasteiger partial charge < -0.3 is 9.41 Å². The van der Waals surface area contributed by atoms with E-state index >= 15 is 0 Å². The van der Waals surface area contributed by atoms with Gasteiger partial charge in [-0.15, -0.1) is 4.52 Å². The third-order valence-corrected chi connectivity index (χ3v) is 2.94. The van der Waals surface area contributed by atoms with Gasteiger partial charge in [0, 0.05) is 12.1 Å². The van der Waals surface area contributed by atoms with Crippen molar-refractivity contribution >= 4 is 11.5 Å². The van der Waals surface area contributed by atoms with Crippen LogP contribution in [0.25, 0.3) is 21.9 Å². The maximum Gasteiger partial charge on any atom is 0.275 e. The van der Waals surface area contributed by atoms with Gasteiger partial charge in [-0.1, -0.05) is 11.7 Å². The van der Waals surface area contributed by atoms with Gasteiger partial charge in [-0.05, 0) is 19.9 Å². The number of hydrogen-bond donors (Lipinski definition) is 0. The first kappa shape index (κ1) is 11.4. The second-order valence-corrected chi connectivity index (χ2v) is 4.50. The average molecular weight is 252 g/mol. The molecule has 3 rings (SSSR count). The summed E-state index contributed by atoms with van der Waals surface area (Å²) in [5.41, 5.74) is 2.38. The van der Waals surface area contributed by atoms with E-state index in [1.54, 1.807) is 17.0 Å². The van der Waals surface area contributed by atoms with Crippen LogP contribution in [0.2, 0.25) is 0 Å². The van der Waals surface area contributed by atoms with Crippen molar-refractivity contribution in [2.75, 3.05) is 0 Å². The monoisotopic (exact) mass is 252 g/mol. The predicted octanol–water partition coefficient (Wildman–Crippen LogP) is 2.72. The number of hydrogen-bond acceptors (Lipinski definition) is 3. The van der Waals surface area contributed by atoms with Gasteiger partial charge in [0.2, 0.25) is 5.65 Å². The van der Waals surface area contributed by atoms with Crippen LogP contribution in [0.4, 0.5) is 5.82 Å². The fourth-order valence-electron chi connectivity index (χ4n) is 1.99. The SMILES string of the molecule is [C-]#[N+]c1cnc2ccc(-c3cncn3C(C)C)nn12. The standard InChI is InChI=1S/C13H12N6/c1-9(2)18-8-15-6-11(18)10-4-5-12-16-7-13(14-3)19(12)17-10/h4-9H,1-2H3. The summed E-state index contributed by atoms with van der Waals surface area (Å²) in [4.78, 5) is 11.7. The molecule has 3 aromatic rings. The highest BCUT2D eigenvalue weighted by Crippen LogP contribution is 2.22. The van der Waals surface area contributed by atoms with E-state index in [1.807, 2.05) is 16.7 Å². The summed E-state index contributed by atoms with van der Waals surface area (Å²) in [6, 6.07) is 4.05. The van der Waals surface area contributed by atoms with Crippen molar-refractivity contribution in [3.63, 3.8) is 0 Å². The zero-order chi connectivity index (χ0) is 13.4. The maximum atomic E-state index is 7.10. The molecule has 0 amide bonds. The Morgan fingerprint density at radius 3 is 2.84 bits per heavy atom. The van der Waals surface area contributed by atoms with E-state index in [2.05, 4.69) is 33.8 Å². The van der Waals surface area contributed by atoms with Gasteiger partial charge in [0.05, 0.1) is 24.4 Å². The smallest absolute Gasteiger partial charge is 0.275 e. The molecular weight excluding hydrogens is 240 g/mol. The zero-order valence-electron chi connectivity index (χ0n) is 10.6. The van der Waals surface area contributed by atoms with Gasteiger partial charge >= 0.3 is 0 Å². The van der Waals surface area contributed by atoms with Crippen molar-refractivity contribution in [2.24, 2.45) is 0 Å². The van der Waals surface area contributed by atoms with Crippen LogP contribution in [-0.4, -0.2) is 24.1 Å². The molecule has 6 nitrogen and oxygen atoms in total. The molecule has 0 radical (unpaired) electrons. The molecule has 0 aromatic carbocycles. The summed E-state index contributed by atoms with van der Waals surface area (Å²) < 4.78 is 3.60. The lowest BCUT2D eigenvalue weighted by molar-refractivity contribution is 0.604. The van der Waals surface area contributed by atoms with Crippen LogP contribution in [0.15, 0.2) is 30.9 Å². The van der Waals surface area contributed by atoms with Crippen LogP contribution in [0.5, 0.6) is 0 Å². The largest absolute Gasteiger partial charge is 0.360 e. The molecular formula is C13H12N6. The van der Waals surface area contributed by atoms with Crippen molar-refractivity contribution < 1.29 is 0 Å². The molecule has 3 heterocycles. The number of aromatic nitrogens is 5. The minimum absolute atomic E-state index is 0.304. The summed E-state index contributed by atoms with van der Waals surface area (Å²) in [5.74, 6) is 0.410. The van der Waals surface area contributed by atoms with Crippen molar-refractivity contribution in [2.45, 2.75) is 19.9 Å². The van der Waals surface area contributed by atoms with E-state index in [0.717, 1.165) is 11.4 Å². The zero-order valence-corrected chi connectivity index (χ0v) is 10.6. The van der Waals surface area contributed by atoms with Crippen LogP contribution < -0.4 is 0 Å². The lowest BCUT2D eigenvalue weighted by Gasteiger charge is -2.10. The molecule has 0 aliphatic heterocycles. The first-order valence-corrected chi connectivity index (χ1v) is 5.95. The summed E-state index contributed by atoms with van der Waals surface area (Å²) in [5, 5.41) is 4.47. The van der Waals surface area contributed by atoms with Crippen LogP contribution in [0.3, 0.4) is 0 Å². The average Bonchev–Trinajstić information content (AvgIpc) is 3.04. The Bertz CT molecular complexity index is 774. The topological polar surface area (TPSA) is 52.4 Å². The van der Waals surface area contributed by atoms with Gasteiger partial charge in [0.1, 0.15) is 5.69 Å². The lowest BCUT2D eigenvalue weighted by atomic mass is 10.3. The first-order chi connectivity index (χ1) is 9.20. The molecule has 0 atom stereocenters. The summed E-state index contributed by atoms with van der Waals surface area (Å²) in [6.45, 7) is 11.3. The van der Waals surface area contributed by atoms with E-state index in [4.69, 9.17) is 6.57 Å². The van der Waals surface area contributed by atoms with E-state index in [1.165, 1.54) is 6.20 Å².